The average molecular weight is 237 g/mol. The molecule has 0 aromatic heterocycles. The lowest BCUT2D eigenvalue weighted by Crippen LogP contribution is -2.08. The van der Waals surface area contributed by atoms with Crippen molar-refractivity contribution in [2.24, 2.45) is 4.99 Å². The quantitative estimate of drug-likeness (QED) is 0.869. The van der Waals surface area contributed by atoms with Crippen LogP contribution in [0.25, 0.3) is 0 Å². The Balaban J connectivity index is 2.01. The normalized spacial score (nSPS) is 18.6. The van der Waals surface area contributed by atoms with Crippen molar-refractivity contribution in [1.29, 1.82) is 0 Å². The van der Waals surface area contributed by atoms with Gasteiger partial charge < -0.3 is 9.84 Å². The molecule has 0 spiro atoms. The van der Waals surface area contributed by atoms with Gasteiger partial charge in [0.2, 0.25) is 5.90 Å². The van der Waals surface area contributed by atoms with Gasteiger partial charge in [-0.15, -0.1) is 0 Å². The van der Waals surface area contributed by atoms with Crippen LogP contribution in [0.3, 0.4) is 0 Å². The number of hydrogen-bond acceptors (Lipinski definition) is 3. The maximum atomic E-state index is 12.7. The summed E-state index contributed by atoms with van der Waals surface area (Å²) in [6.07, 6.45) is 0.536. The number of rotatable bonds is 4. The van der Waals surface area contributed by atoms with E-state index in [0.717, 1.165) is 0 Å². The van der Waals surface area contributed by atoms with Crippen molar-refractivity contribution < 1.29 is 19.0 Å². The van der Waals surface area contributed by atoms with Crippen LogP contribution in [-0.4, -0.2) is 29.6 Å². The second kappa shape index (κ2) is 4.95. The van der Waals surface area contributed by atoms with E-state index in [9.17, 15) is 9.18 Å². The molecule has 0 radical (unpaired) electrons. The number of carboxylic acids is 1. The van der Waals surface area contributed by atoms with E-state index in [4.69, 9.17) is 9.84 Å². The van der Waals surface area contributed by atoms with Crippen LogP contribution in [0.5, 0.6) is 0 Å². The highest BCUT2D eigenvalue weighted by Crippen LogP contribution is 2.15. The summed E-state index contributed by atoms with van der Waals surface area (Å²) in [5.74, 6) is -0.689. The summed E-state index contributed by atoms with van der Waals surface area (Å²) < 4.78 is 18.1. The van der Waals surface area contributed by atoms with Gasteiger partial charge in [0.25, 0.3) is 0 Å². The first kappa shape index (κ1) is 11.6. The zero-order valence-corrected chi connectivity index (χ0v) is 9.10. The van der Waals surface area contributed by atoms with Gasteiger partial charge in [-0.3, -0.25) is 4.79 Å². The third kappa shape index (κ3) is 3.03. The molecule has 0 amide bonds. The molecule has 1 aromatic rings. The van der Waals surface area contributed by atoms with Crippen molar-refractivity contribution in [3.63, 3.8) is 0 Å². The predicted octanol–water partition coefficient (Wildman–Crippen LogP) is 1.84. The van der Waals surface area contributed by atoms with Crippen LogP contribution in [0, 0.1) is 5.82 Å². The lowest BCUT2D eigenvalue weighted by molar-refractivity contribution is -0.137. The number of aliphatic carboxylic acids is 1. The van der Waals surface area contributed by atoms with E-state index in [1.54, 1.807) is 12.1 Å². The molecule has 90 valence electrons. The number of benzene rings is 1. The Morgan fingerprint density at radius 2 is 2.18 bits per heavy atom. The second-order valence-electron chi connectivity index (χ2n) is 3.84. The average Bonchev–Trinajstić information content (AvgIpc) is 2.76. The molecule has 4 nitrogen and oxygen atoms in total. The van der Waals surface area contributed by atoms with Crippen molar-refractivity contribution in [1.82, 2.24) is 0 Å². The van der Waals surface area contributed by atoms with Crippen LogP contribution in [0.4, 0.5) is 4.39 Å². The first-order chi connectivity index (χ1) is 8.15. The van der Waals surface area contributed by atoms with E-state index in [0.29, 0.717) is 24.5 Å². The van der Waals surface area contributed by atoms with Gasteiger partial charge in [0, 0.05) is 12.0 Å². The largest absolute Gasteiger partial charge is 0.481 e. The van der Waals surface area contributed by atoms with Gasteiger partial charge in [-0.2, -0.15) is 0 Å². The predicted molar refractivity (Wildman–Crippen MR) is 59.5 cm³/mol. The summed E-state index contributed by atoms with van der Waals surface area (Å²) in [6.45, 7) is 0.389. The number of carbonyl (C=O) groups is 1. The molecule has 1 atom stereocenters. The molecule has 1 aromatic carbocycles. The molecule has 1 unspecified atom stereocenters. The Kier molecular flexibility index (Phi) is 3.37. The summed E-state index contributed by atoms with van der Waals surface area (Å²) in [5, 5.41) is 8.56. The van der Waals surface area contributed by atoms with E-state index in [1.807, 2.05) is 0 Å². The minimum atomic E-state index is -0.838. The Bertz CT molecular complexity index is 442. The Morgan fingerprint density at radius 3 is 2.82 bits per heavy atom. The van der Waals surface area contributed by atoms with E-state index in [1.165, 1.54) is 12.1 Å². The van der Waals surface area contributed by atoms with Crippen molar-refractivity contribution in [2.45, 2.75) is 18.9 Å². The first-order valence-electron chi connectivity index (χ1n) is 5.33. The van der Waals surface area contributed by atoms with E-state index in [-0.39, 0.29) is 18.3 Å². The van der Waals surface area contributed by atoms with Crippen molar-refractivity contribution in [3.05, 3.63) is 35.6 Å². The summed E-state index contributed by atoms with van der Waals surface area (Å²) >= 11 is 0. The highest BCUT2D eigenvalue weighted by molar-refractivity contribution is 5.95. The van der Waals surface area contributed by atoms with Crippen LogP contribution in [-0.2, 0) is 9.53 Å². The minimum Gasteiger partial charge on any atom is -0.481 e. The third-order valence-corrected chi connectivity index (χ3v) is 2.49. The lowest BCUT2D eigenvalue weighted by atomic mass is 10.2. The van der Waals surface area contributed by atoms with Crippen LogP contribution >= 0.6 is 0 Å². The van der Waals surface area contributed by atoms with E-state index < -0.39 is 5.97 Å². The summed E-state index contributed by atoms with van der Waals surface area (Å²) in [7, 11) is 0. The standard InChI is InChI=1S/C12H12FNO3/c13-9-3-1-8(2-4-9)12-14-10(7-17-12)5-6-11(15)16/h1-4,10H,5-7H2,(H,15,16). The number of halogens is 1. The molecule has 5 heteroatoms. The molecule has 1 aliphatic rings. The van der Waals surface area contributed by atoms with Gasteiger partial charge >= 0.3 is 5.97 Å². The summed E-state index contributed by atoms with van der Waals surface area (Å²) in [4.78, 5) is 14.7. The molecule has 2 rings (SSSR count). The minimum absolute atomic E-state index is 0.0776. The smallest absolute Gasteiger partial charge is 0.303 e. The fourth-order valence-corrected chi connectivity index (χ4v) is 1.60. The van der Waals surface area contributed by atoms with Gasteiger partial charge in [-0.1, -0.05) is 0 Å². The number of carboxylic acid groups (broad SMARTS) is 1. The molecular formula is C12H12FNO3. The van der Waals surface area contributed by atoms with Crippen molar-refractivity contribution in [3.8, 4) is 0 Å². The van der Waals surface area contributed by atoms with Gasteiger partial charge in [0.1, 0.15) is 12.4 Å². The van der Waals surface area contributed by atoms with Crippen LogP contribution < -0.4 is 0 Å². The SMILES string of the molecule is O=C(O)CCC1COC(c2ccc(F)cc2)=N1. The number of aliphatic imine (C=N–C) groups is 1. The van der Waals surface area contributed by atoms with Gasteiger partial charge in [0.15, 0.2) is 0 Å². The molecule has 0 bridgehead atoms. The second-order valence-corrected chi connectivity index (χ2v) is 3.84. The highest BCUT2D eigenvalue weighted by Gasteiger charge is 2.20. The monoisotopic (exact) mass is 237 g/mol. The maximum Gasteiger partial charge on any atom is 0.303 e. The van der Waals surface area contributed by atoms with Gasteiger partial charge in [-0.25, -0.2) is 9.38 Å². The molecule has 1 aliphatic heterocycles. The van der Waals surface area contributed by atoms with E-state index >= 15 is 0 Å². The van der Waals surface area contributed by atoms with Crippen molar-refractivity contribution in [2.75, 3.05) is 6.61 Å². The maximum absolute atomic E-state index is 12.7. The Hall–Kier alpha value is -1.91. The molecule has 0 aliphatic carbocycles. The zero-order chi connectivity index (χ0) is 12.3. The Labute approximate surface area is 97.7 Å². The number of hydrogen-bond donors (Lipinski definition) is 1. The van der Waals surface area contributed by atoms with Gasteiger partial charge in [-0.05, 0) is 30.7 Å². The molecule has 0 fully saturated rings. The van der Waals surface area contributed by atoms with Crippen LogP contribution in [0.1, 0.15) is 18.4 Å². The van der Waals surface area contributed by atoms with Gasteiger partial charge in [0.05, 0.1) is 6.04 Å². The highest BCUT2D eigenvalue weighted by atomic mass is 19.1. The summed E-state index contributed by atoms with van der Waals surface area (Å²) in [5.41, 5.74) is 0.712. The number of nitrogens with zero attached hydrogens (tertiary/aromatic N) is 1. The molecular weight excluding hydrogens is 225 g/mol. The third-order valence-electron chi connectivity index (χ3n) is 2.49. The van der Waals surface area contributed by atoms with Crippen LogP contribution in [0.15, 0.2) is 29.3 Å². The first-order valence-corrected chi connectivity index (χ1v) is 5.33. The summed E-state index contributed by atoms with van der Waals surface area (Å²) in [6, 6.07) is 5.74. The molecule has 1 heterocycles. The lowest BCUT2D eigenvalue weighted by Gasteiger charge is -2.00. The fourth-order valence-electron chi connectivity index (χ4n) is 1.60. The molecule has 1 N–H and O–H groups in total. The van der Waals surface area contributed by atoms with Crippen LogP contribution in [0.2, 0.25) is 0 Å². The number of ether oxygens (including phenoxy) is 1. The molecule has 0 saturated heterocycles. The molecule has 17 heavy (non-hydrogen) atoms. The molecule has 0 saturated carbocycles. The fraction of sp³-hybridized carbons (Fsp3) is 0.333. The zero-order valence-electron chi connectivity index (χ0n) is 9.10. The van der Waals surface area contributed by atoms with E-state index in [2.05, 4.69) is 4.99 Å². The topological polar surface area (TPSA) is 58.9 Å². The van der Waals surface area contributed by atoms with Crippen molar-refractivity contribution >= 4 is 11.9 Å². The Morgan fingerprint density at radius 1 is 1.47 bits per heavy atom.